The third-order valence-electron chi connectivity index (χ3n) is 3.59. The van der Waals surface area contributed by atoms with Gasteiger partial charge in [0.05, 0.1) is 11.3 Å². The minimum absolute atomic E-state index is 0. The quantitative estimate of drug-likeness (QED) is 0.352. The van der Waals surface area contributed by atoms with E-state index in [9.17, 15) is 8.42 Å². The van der Waals surface area contributed by atoms with E-state index in [1.807, 2.05) is 31.2 Å². The Morgan fingerprint density at radius 2 is 1.79 bits per heavy atom. The maximum atomic E-state index is 11.7. The highest BCUT2D eigenvalue weighted by Crippen LogP contribution is 2.15. The maximum absolute atomic E-state index is 11.7. The molecule has 0 fully saturated rings. The number of benzene rings is 1. The molecule has 1 aromatic rings. The number of aliphatic imine (C=N–C) groups is 1. The fourth-order valence-corrected chi connectivity index (χ4v) is 2.13. The number of guanidine groups is 1. The zero-order chi connectivity index (χ0) is 17.5. The van der Waals surface area contributed by atoms with Gasteiger partial charge in [0.25, 0.3) is 0 Å². The van der Waals surface area contributed by atoms with Crippen LogP contribution in [0.5, 0.6) is 0 Å². The summed E-state index contributed by atoms with van der Waals surface area (Å²) in [6.07, 6.45) is 2.07. The third-order valence-corrected chi connectivity index (χ3v) is 5.97. The molecule has 1 rings (SSSR count). The van der Waals surface area contributed by atoms with Crippen molar-refractivity contribution in [1.29, 1.82) is 0 Å². The molecule has 0 heterocycles. The number of nitrogens with one attached hydrogen (secondary N) is 2. The lowest BCUT2D eigenvalue weighted by Gasteiger charge is -2.21. The van der Waals surface area contributed by atoms with Crippen molar-refractivity contribution in [1.82, 2.24) is 10.6 Å². The standard InChI is InChI=1S/C16H26ClN3O2S.HI/c1-5-18-15(20-12-16(2,3)23(4,21)22)19-11-10-13-6-8-14(17)9-7-13;/h6-9H,5,10-12H2,1-4H3,(H2,18,19,20);1H. The lowest BCUT2D eigenvalue weighted by molar-refractivity contribution is 0.554. The zero-order valence-corrected chi connectivity index (χ0v) is 18.5. The van der Waals surface area contributed by atoms with E-state index in [4.69, 9.17) is 11.6 Å². The van der Waals surface area contributed by atoms with Gasteiger partial charge in [-0.3, -0.25) is 4.99 Å². The van der Waals surface area contributed by atoms with Gasteiger partial charge in [-0.1, -0.05) is 23.7 Å². The Bertz CT molecular complexity index is 631. The Labute approximate surface area is 167 Å². The molecule has 1 aromatic carbocycles. The minimum Gasteiger partial charge on any atom is -0.357 e. The van der Waals surface area contributed by atoms with Crippen LogP contribution in [0.2, 0.25) is 5.02 Å². The van der Waals surface area contributed by atoms with E-state index >= 15 is 0 Å². The van der Waals surface area contributed by atoms with E-state index in [2.05, 4.69) is 15.6 Å². The highest BCUT2D eigenvalue weighted by molar-refractivity contribution is 14.0. The summed E-state index contributed by atoms with van der Waals surface area (Å²) in [7, 11) is -3.16. The Hall–Kier alpha value is -0.540. The molecular formula is C16H27ClIN3O2S. The van der Waals surface area contributed by atoms with Crippen LogP contribution < -0.4 is 10.6 Å². The number of halogens is 2. The van der Waals surface area contributed by atoms with Crippen molar-refractivity contribution in [2.24, 2.45) is 4.99 Å². The predicted octanol–water partition coefficient (Wildman–Crippen LogP) is 2.88. The monoisotopic (exact) mass is 487 g/mol. The molecule has 8 heteroatoms. The smallest absolute Gasteiger partial charge is 0.191 e. The first-order chi connectivity index (χ1) is 10.7. The normalized spacial score (nSPS) is 12.5. The van der Waals surface area contributed by atoms with Crippen LogP contribution in [0.25, 0.3) is 0 Å². The van der Waals surface area contributed by atoms with Gasteiger partial charge in [-0.2, -0.15) is 0 Å². The summed E-state index contributed by atoms with van der Waals surface area (Å²) in [5, 5.41) is 7.07. The highest BCUT2D eigenvalue weighted by atomic mass is 127. The van der Waals surface area contributed by atoms with Crippen LogP contribution in [-0.4, -0.2) is 45.0 Å². The molecule has 0 radical (unpaired) electrons. The van der Waals surface area contributed by atoms with Crippen LogP contribution >= 0.6 is 35.6 Å². The fraction of sp³-hybridized carbons (Fsp3) is 0.562. The van der Waals surface area contributed by atoms with Crippen LogP contribution in [0.15, 0.2) is 29.3 Å². The van der Waals surface area contributed by atoms with Crippen molar-refractivity contribution in [3.05, 3.63) is 34.9 Å². The SMILES string of the molecule is CCNC(=NCC(C)(C)S(C)(=O)=O)NCCc1ccc(Cl)cc1.I. The minimum atomic E-state index is -3.16. The van der Waals surface area contributed by atoms with Crippen LogP contribution in [-0.2, 0) is 16.3 Å². The molecule has 5 nitrogen and oxygen atoms in total. The molecule has 0 aliphatic rings. The Morgan fingerprint density at radius 3 is 2.29 bits per heavy atom. The van der Waals surface area contributed by atoms with Gasteiger partial charge in [-0.25, -0.2) is 8.42 Å². The van der Waals surface area contributed by atoms with E-state index in [1.54, 1.807) is 13.8 Å². The molecule has 0 aromatic heterocycles. The topological polar surface area (TPSA) is 70.6 Å². The summed E-state index contributed by atoms with van der Waals surface area (Å²) in [6.45, 7) is 6.96. The average Bonchev–Trinajstić information content (AvgIpc) is 2.45. The molecule has 0 aliphatic heterocycles. The van der Waals surface area contributed by atoms with Gasteiger partial charge in [0, 0.05) is 24.4 Å². The summed E-state index contributed by atoms with van der Waals surface area (Å²) in [4.78, 5) is 4.39. The Morgan fingerprint density at radius 1 is 1.21 bits per heavy atom. The largest absolute Gasteiger partial charge is 0.357 e. The predicted molar refractivity (Wildman–Crippen MR) is 113 cm³/mol. The summed E-state index contributed by atoms with van der Waals surface area (Å²) in [6, 6.07) is 7.71. The van der Waals surface area contributed by atoms with Crippen LogP contribution in [0.3, 0.4) is 0 Å². The van der Waals surface area contributed by atoms with Crippen molar-refractivity contribution in [2.45, 2.75) is 31.9 Å². The second-order valence-electron chi connectivity index (χ2n) is 6.03. The van der Waals surface area contributed by atoms with Gasteiger partial charge in [0.2, 0.25) is 0 Å². The third kappa shape index (κ3) is 8.02. The molecule has 0 aliphatic carbocycles. The second kappa shape index (κ2) is 10.5. The zero-order valence-electron chi connectivity index (χ0n) is 14.6. The van der Waals surface area contributed by atoms with Crippen molar-refractivity contribution >= 4 is 51.4 Å². The summed E-state index contributed by atoms with van der Waals surface area (Å²) >= 11 is 5.86. The molecule has 0 bridgehead atoms. The van der Waals surface area contributed by atoms with Gasteiger partial charge in [0.15, 0.2) is 15.8 Å². The number of rotatable bonds is 7. The van der Waals surface area contributed by atoms with Gasteiger partial charge >= 0.3 is 0 Å². The van der Waals surface area contributed by atoms with Gasteiger partial charge < -0.3 is 10.6 Å². The van der Waals surface area contributed by atoms with E-state index < -0.39 is 14.6 Å². The Kier molecular flexibility index (Phi) is 10.2. The van der Waals surface area contributed by atoms with E-state index in [1.165, 1.54) is 11.8 Å². The molecule has 0 unspecified atom stereocenters. The van der Waals surface area contributed by atoms with Crippen molar-refractivity contribution in [2.75, 3.05) is 25.9 Å². The van der Waals surface area contributed by atoms with Crippen LogP contribution in [0.4, 0.5) is 0 Å². The number of hydrogen-bond acceptors (Lipinski definition) is 3. The first-order valence-corrected chi connectivity index (χ1v) is 9.89. The van der Waals surface area contributed by atoms with Crippen molar-refractivity contribution in [3.63, 3.8) is 0 Å². The van der Waals surface area contributed by atoms with Crippen molar-refractivity contribution in [3.8, 4) is 0 Å². The van der Waals surface area contributed by atoms with Crippen LogP contribution in [0, 0.1) is 0 Å². The average molecular weight is 488 g/mol. The molecule has 0 saturated heterocycles. The molecule has 0 atom stereocenters. The summed E-state index contributed by atoms with van der Waals surface area (Å²) in [5.74, 6) is 0.623. The number of hydrogen-bond donors (Lipinski definition) is 2. The maximum Gasteiger partial charge on any atom is 0.191 e. The Balaban J connectivity index is 0.00000529. The second-order valence-corrected chi connectivity index (χ2v) is 9.12. The number of nitrogens with zero attached hydrogens (tertiary/aromatic N) is 1. The fourth-order valence-electron chi connectivity index (χ4n) is 1.70. The molecule has 24 heavy (non-hydrogen) atoms. The lowest BCUT2D eigenvalue weighted by atomic mass is 10.1. The number of sulfone groups is 1. The first kappa shape index (κ1) is 23.5. The van der Waals surface area contributed by atoms with Gasteiger partial charge in [-0.15, -0.1) is 24.0 Å². The molecule has 2 N–H and O–H groups in total. The summed E-state index contributed by atoms with van der Waals surface area (Å²) in [5.41, 5.74) is 1.18. The molecule has 0 spiro atoms. The lowest BCUT2D eigenvalue weighted by Crippen LogP contribution is -2.41. The van der Waals surface area contributed by atoms with E-state index in [-0.39, 0.29) is 30.5 Å². The molecule has 0 amide bonds. The molecular weight excluding hydrogens is 461 g/mol. The molecule has 0 saturated carbocycles. The van der Waals surface area contributed by atoms with Crippen LogP contribution in [0.1, 0.15) is 26.3 Å². The summed E-state index contributed by atoms with van der Waals surface area (Å²) < 4.78 is 22.6. The highest BCUT2D eigenvalue weighted by Gasteiger charge is 2.29. The van der Waals surface area contributed by atoms with Gasteiger partial charge in [0.1, 0.15) is 0 Å². The molecule has 138 valence electrons. The van der Waals surface area contributed by atoms with Gasteiger partial charge in [-0.05, 0) is 44.9 Å². The van der Waals surface area contributed by atoms with E-state index in [0.29, 0.717) is 19.0 Å². The van der Waals surface area contributed by atoms with E-state index in [0.717, 1.165) is 11.4 Å². The van der Waals surface area contributed by atoms with Crippen molar-refractivity contribution < 1.29 is 8.42 Å². The first-order valence-electron chi connectivity index (χ1n) is 7.62.